The molecule has 1 aromatic heterocycles. The zero-order valence-corrected chi connectivity index (χ0v) is 8.53. The minimum absolute atomic E-state index is 0.0596. The standard InChI is InChI=1S/C8H5Cl2F2NO/c1-3-4(8(11)12)2-5(9)13-6(3)7(10)14/h2,8H,1H3. The van der Waals surface area contributed by atoms with Crippen LogP contribution in [0.25, 0.3) is 0 Å². The number of alkyl halides is 2. The Kier molecular flexibility index (Phi) is 3.39. The summed E-state index contributed by atoms with van der Waals surface area (Å²) in [5.74, 6) is 0. The highest BCUT2D eigenvalue weighted by Crippen LogP contribution is 2.27. The number of nitrogens with zero attached hydrogens (tertiary/aromatic N) is 1. The fraction of sp³-hybridized carbons (Fsp3) is 0.250. The number of hydrogen-bond acceptors (Lipinski definition) is 2. The molecule has 0 aliphatic rings. The van der Waals surface area contributed by atoms with Gasteiger partial charge < -0.3 is 0 Å². The van der Waals surface area contributed by atoms with Gasteiger partial charge in [0.1, 0.15) is 10.8 Å². The van der Waals surface area contributed by atoms with Gasteiger partial charge in [0.2, 0.25) is 0 Å². The predicted octanol–water partition coefficient (Wildman–Crippen LogP) is 3.36. The third kappa shape index (κ3) is 2.19. The minimum Gasteiger partial charge on any atom is -0.274 e. The van der Waals surface area contributed by atoms with Crippen LogP contribution in [-0.4, -0.2) is 10.2 Å². The van der Waals surface area contributed by atoms with Crippen molar-refractivity contribution >= 4 is 28.4 Å². The molecule has 76 valence electrons. The van der Waals surface area contributed by atoms with Crippen molar-refractivity contribution in [2.24, 2.45) is 0 Å². The first-order valence-electron chi connectivity index (χ1n) is 3.58. The summed E-state index contributed by atoms with van der Waals surface area (Å²) in [6.45, 7) is 1.35. The van der Waals surface area contributed by atoms with Crippen LogP contribution in [0.2, 0.25) is 5.15 Å². The van der Waals surface area contributed by atoms with Gasteiger partial charge in [-0.05, 0) is 30.2 Å². The second-order valence-electron chi connectivity index (χ2n) is 2.58. The molecule has 0 bridgehead atoms. The van der Waals surface area contributed by atoms with Crippen LogP contribution in [0.3, 0.4) is 0 Å². The van der Waals surface area contributed by atoms with E-state index >= 15 is 0 Å². The monoisotopic (exact) mass is 239 g/mol. The molecule has 6 heteroatoms. The maximum absolute atomic E-state index is 12.4. The molecule has 0 N–H and O–H groups in total. The molecule has 1 rings (SSSR count). The maximum atomic E-state index is 12.4. The summed E-state index contributed by atoms with van der Waals surface area (Å²) in [6.07, 6.45) is -2.70. The van der Waals surface area contributed by atoms with Gasteiger partial charge in [-0.25, -0.2) is 13.8 Å². The number of pyridine rings is 1. The summed E-state index contributed by atoms with van der Waals surface area (Å²) in [4.78, 5) is 14.4. The van der Waals surface area contributed by atoms with E-state index in [0.717, 1.165) is 6.07 Å². The first-order valence-corrected chi connectivity index (χ1v) is 4.34. The Morgan fingerprint density at radius 1 is 1.57 bits per heavy atom. The van der Waals surface area contributed by atoms with E-state index in [2.05, 4.69) is 4.98 Å². The first-order chi connectivity index (χ1) is 6.43. The molecule has 0 atom stereocenters. The van der Waals surface area contributed by atoms with Crippen molar-refractivity contribution in [3.63, 3.8) is 0 Å². The molecular formula is C8H5Cl2F2NO. The van der Waals surface area contributed by atoms with Gasteiger partial charge in [0.15, 0.2) is 0 Å². The zero-order valence-electron chi connectivity index (χ0n) is 7.02. The van der Waals surface area contributed by atoms with Crippen LogP contribution in [0.15, 0.2) is 6.07 Å². The van der Waals surface area contributed by atoms with Crippen molar-refractivity contribution < 1.29 is 13.6 Å². The molecule has 0 fully saturated rings. The highest BCUT2D eigenvalue weighted by atomic mass is 35.5. The molecule has 0 aliphatic heterocycles. The lowest BCUT2D eigenvalue weighted by atomic mass is 10.1. The third-order valence-corrected chi connectivity index (χ3v) is 2.08. The molecule has 0 saturated heterocycles. The highest BCUT2D eigenvalue weighted by molar-refractivity contribution is 6.67. The molecule has 0 radical (unpaired) electrons. The molecular weight excluding hydrogens is 235 g/mol. The fourth-order valence-electron chi connectivity index (χ4n) is 1.01. The van der Waals surface area contributed by atoms with Crippen LogP contribution in [-0.2, 0) is 0 Å². The van der Waals surface area contributed by atoms with Gasteiger partial charge >= 0.3 is 0 Å². The number of rotatable bonds is 2. The van der Waals surface area contributed by atoms with E-state index in [1.807, 2.05) is 0 Å². The lowest BCUT2D eigenvalue weighted by Crippen LogP contribution is -2.03. The number of halogens is 4. The summed E-state index contributed by atoms with van der Waals surface area (Å²) in [6, 6.07) is 1.02. The predicted molar refractivity (Wildman–Crippen MR) is 49.1 cm³/mol. The van der Waals surface area contributed by atoms with Crippen molar-refractivity contribution in [2.75, 3.05) is 0 Å². The molecule has 2 nitrogen and oxygen atoms in total. The van der Waals surface area contributed by atoms with Crippen LogP contribution in [0.5, 0.6) is 0 Å². The van der Waals surface area contributed by atoms with Gasteiger partial charge in [0, 0.05) is 5.56 Å². The van der Waals surface area contributed by atoms with Gasteiger partial charge in [-0.3, -0.25) is 4.79 Å². The zero-order chi connectivity index (χ0) is 10.9. The topological polar surface area (TPSA) is 30.0 Å². The Hall–Kier alpha value is -0.740. The maximum Gasteiger partial charge on any atom is 0.271 e. The quantitative estimate of drug-likeness (QED) is 0.586. The Labute approximate surface area is 88.8 Å². The van der Waals surface area contributed by atoms with E-state index in [-0.39, 0.29) is 22.0 Å². The van der Waals surface area contributed by atoms with Crippen molar-refractivity contribution in [1.82, 2.24) is 4.98 Å². The van der Waals surface area contributed by atoms with Gasteiger partial charge in [0.05, 0.1) is 0 Å². The lowest BCUT2D eigenvalue weighted by Gasteiger charge is -2.07. The van der Waals surface area contributed by atoms with Gasteiger partial charge in [-0.2, -0.15) is 0 Å². The molecule has 14 heavy (non-hydrogen) atoms. The smallest absolute Gasteiger partial charge is 0.271 e. The second-order valence-corrected chi connectivity index (χ2v) is 3.31. The molecule has 0 saturated carbocycles. The van der Waals surface area contributed by atoms with E-state index < -0.39 is 11.7 Å². The number of carbonyl (C=O) groups excluding carboxylic acids is 1. The van der Waals surface area contributed by atoms with Crippen LogP contribution in [0, 0.1) is 6.92 Å². The Morgan fingerprint density at radius 3 is 2.57 bits per heavy atom. The van der Waals surface area contributed by atoms with E-state index in [9.17, 15) is 13.6 Å². The third-order valence-electron chi connectivity index (χ3n) is 1.70. The van der Waals surface area contributed by atoms with Crippen LogP contribution in [0.4, 0.5) is 8.78 Å². The molecule has 0 aromatic carbocycles. The molecule has 0 aliphatic carbocycles. The molecule has 0 spiro atoms. The Balaban J connectivity index is 3.40. The van der Waals surface area contributed by atoms with E-state index in [4.69, 9.17) is 23.2 Å². The van der Waals surface area contributed by atoms with E-state index in [1.165, 1.54) is 6.92 Å². The van der Waals surface area contributed by atoms with Gasteiger partial charge in [0.25, 0.3) is 11.7 Å². The fourth-order valence-corrected chi connectivity index (χ4v) is 1.40. The molecule has 0 unspecified atom stereocenters. The molecule has 0 amide bonds. The van der Waals surface area contributed by atoms with Gasteiger partial charge in [-0.1, -0.05) is 11.6 Å². The summed E-state index contributed by atoms with van der Waals surface area (Å²) < 4.78 is 24.8. The average molecular weight is 240 g/mol. The number of aromatic nitrogens is 1. The average Bonchev–Trinajstić information content (AvgIpc) is 2.07. The van der Waals surface area contributed by atoms with Crippen molar-refractivity contribution in [3.8, 4) is 0 Å². The lowest BCUT2D eigenvalue weighted by molar-refractivity contribution is 0.107. The summed E-state index contributed by atoms with van der Waals surface area (Å²) in [5.41, 5.74) is -0.493. The highest BCUT2D eigenvalue weighted by Gasteiger charge is 2.18. The summed E-state index contributed by atoms with van der Waals surface area (Å²) in [5, 5.41) is -1.07. The van der Waals surface area contributed by atoms with Crippen molar-refractivity contribution in [3.05, 3.63) is 28.0 Å². The largest absolute Gasteiger partial charge is 0.274 e. The van der Waals surface area contributed by atoms with Crippen LogP contribution in [0.1, 0.15) is 28.0 Å². The Bertz CT molecular complexity index is 382. The summed E-state index contributed by atoms with van der Waals surface area (Å²) in [7, 11) is 0. The van der Waals surface area contributed by atoms with Crippen LogP contribution >= 0.6 is 23.2 Å². The van der Waals surface area contributed by atoms with Crippen molar-refractivity contribution in [2.45, 2.75) is 13.3 Å². The minimum atomic E-state index is -2.70. The molecule has 1 aromatic rings. The number of hydrogen-bond donors (Lipinski definition) is 0. The van der Waals surface area contributed by atoms with Gasteiger partial charge in [-0.15, -0.1) is 0 Å². The van der Waals surface area contributed by atoms with Crippen LogP contribution < -0.4 is 0 Å². The normalized spacial score (nSPS) is 10.7. The second kappa shape index (κ2) is 4.19. The van der Waals surface area contributed by atoms with Crippen molar-refractivity contribution in [1.29, 1.82) is 0 Å². The van der Waals surface area contributed by atoms with E-state index in [0.29, 0.717) is 0 Å². The first kappa shape index (κ1) is 11.3. The summed E-state index contributed by atoms with van der Waals surface area (Å²) >= 11 is 10.6. The van der Waals surface area contributed by atoms with E-state index in [1.54, 1.807) is 0 Å². The number of carbonyl (C=O) groups is 1. The SMILES string of the molecule is Cc1c(C(F)F)cc(Cl)nc1C(=O)Cl. The Morgan fingerprint density at radius 2 is 2.14 bits per heavy atom. The molecule has 1 heterocycles.